The molecule has 2 nitrogen and oxygen atoms in total. The molecule has 1 aromatic carbocycles. The zero-order valence-corrected chi connectivity index (χ0v) is 11.4. The molecule has 102 valence electrons. The van der Waals surface area contributed by atoms with Crippen LogP contribution in [0.3, 0.4) is 0 Å². The third-order valence-corrected chi connectivity index (χ3v) is 3.09. The number of aryl methyl sites for hydroxylation is 1. The summed E-state index contributed by atoms with van der Waals surface area (Å²) >= 11 is 0. The number of benzene rings is 1. The van der Waals surface area contributed by atoms with E-state index in [1.807, 2.05) is 0 Å². The Morgan fingerprint density at radius 1 is 0.778 bits per heavy atom. The minimum absolute atomic E-state index is 0.820. The number of hydrogen-bond donors (Lipinski definition) is 1. The lowest BCUT2D eigenvalue weighted by Gasteiger charge is -2.04. The van der Waals surface area contributed by atoms with Crippen molar-refractivity contribution in [3.63, 3.8) is 0 Å². The van der Waals surface area contributed by atoms with Gasteiger partial charge in [-0.2, -0.15) is 0 Å². The second-order valence-electron chi connectivity index (χ2n) is 4.76. The van der Waals surface area contributed by atoms with Crippen LogP contribution in [0, 0.1) is 0 Å². The lowest BCUT2D eigenvalue weighted by atomic mass is 10.1. The molecule has 0 saturated heterocycles. The molecule has 0 aromatic heterocycles. The van der Waals surface area contributed by atoms with Gasteiger partial charge in [-0.15, -0.1) is 0 Å². The van der Waals surface area contributed by atoms with Crippen molar-refractivity contribution in [3.8, 4) is 0 Å². The second-order valence-corrected chi connectivity index (χ2v) is 4.76. The summed E-state index contributed by atoms with van der Waals surface area (Å²) in [6, 6.07) is 10.7. The largest absolute Gasteiger partial charge is 0.381 e. The van der Waals surface area contributed by atoms with E-state index in [0.717, 1.165) is 32.6 Å². The van der Waals surface area contributed by atoms with Crippen molar-refractivity contribution >= 4 is 0 Å². The van der Waals surface area contributed by atoms with Gasteiger partial charge < -0.3 is 10.5 Å². The van der Waals surface area contributed by atoms with Crippen LogP contribution in [-0.2, 0) is 11.2 Å². The maximum atomic E-state index is 5.62. The van der Waals surface area contributed by atoms with Crippen LogP contribution in [0.15, 0.2) is 30.3 Å². The molecule has 1 aromatic rings. The Morgan fingerprint density at radius 2 is 1.44 bits per heavy atom. The molecule has 0 radical (unpaired) electrons. The molecule has 0 aliphatic heterocycles. The van der Waals surface area contributed by atoms with E-state index >= 15 is 0 Å². The molecular formula is C16H27NO. The molecule has 0 unspecified atom stereocenters. The van der Waals surface area contributed by atoms with Gasteiger partial charge in [-0.25, -0.2) is 0 Å². The van der Waals surface area contributed by atoms with Crippen molar-refractivity contribution in [1.82, 2.24) is 0 Å². The van der Waals surface area contributed by atoms with E-state index < -0.39 is 0 Å². The zero-order valence-electron chi connectivity index (χ0n) is 11.4. The van der Waals surface area contributed by atoms with Gasteiger partial charge in [0, 0.05) is 13.2 Å². The molecule has 0 aliphatic carbocycles. The van der Waals surface area contributed by atoms with Crippen LogP contribution < -0.4 is 5.73 Å². The SMILES string of the molecule is NCCCCCCOCCCCc1ccccc1. The number of hydrogen-bond acceptors (Lipinski definition) is 2. The third-order valence-electron chi connectivity index (χ3n) is 3.09. The van der Waals surface area contributed by atoms with Gasteiger partial charge in [-0.05, 0) is 44.2 Å². The number of nitrogens with two attached hydrogens (primary N) is 1. The highest BCUT2D eigenvalue weighted by molar-refractivity contribution is 5.14. The van der Waals surface area contributed by atoms with Gasteiger partial charge >= 0.3 is 0 Å². The summed E-state index contributed by atoms with van der Waals surface area (Å²) in [6.45, 7) is 2.64. The maximum Gasteiger partial charge on any atom is 0.0466 e. The Kier molecular flexibility index (Phi) is 9.49. The maximum absolute atomic E-state index is 5.62. The highest BCUT2D eigenvalue weighted by Gasteiger charge is 1.93. The van der Waals surface area contributed by atoms with Crippen molar-refractivity contribution in [1.29, 1.82) is 0 Å². The summed E-state index contributed by atoms with van der Waals surface area (Å²) in [6.07, 6.45) is 8.38. The Bertz CT molecular complexity index is 274. The average Bonchev–Trinajstić information content (AvgIpc) is 2.42. The van der Waals surface area contributed by atoms with E-state index in [2.05, 4.69) is 30.3 Å². The number of unbranched alkanes of at least 4 members (excludes halogenated alkanes) is 4. The Labute approximate surface area is 112 Å². The molecule has 0 aliphatic rings. The van der Waals surface area contributed by atoms with Crippen LogP contribution in [0.25, 0.3) is 0 Å². The molecule has 0 heterocycles. The molecule has 1 rings (SSSR count). The normalized spacial score (nSPS) is 10.7. The molecule has 0 atom stereocenters. The van der Waals surface area contributed by atoms with E-state index in [9.17, 15) is 0 Å². The average molecular weight is 249 g/mol. The van der Waals surface area contributed by atoms with Crippen LogP contribution in [0.1, 0.15) is 44.1 Å². The van der Waals surface area contributed by atoms with Gasteiger partial charge in [0.05, 0.1) is 0 Å². The third kappa shape index (κ3) is 8.26. The fraction of sp³-hybridized carbons (Fsp3) is 0.625. The van der Waals surface area contributed by atoms with Crippen molar-refractivity contribution < 1.29 is 4.74 Å². The van der Waals surface area contributed by atoms with Gasteiger partial charge in [0.2, 0.25) is 0 Å². The van der Waals surface area contributed by atoms with E-state index in [0.29, 0.717) is 0 Å². The molecule has 0 spiro atoms. The van der Waals surface area contributed by atoms with E-state index in [-0.39, 0.29) is 0 Å². The van der Waals surface area contributed by atoms with Crippen LogP contribution in [0.2, 0.25) is 0 Å². The van der Waals surface area contributed by atoms with E-state index in [1.54, 1.807) is 0 Å². The molecular weight excluding hydrogens is 222 g/mol. The zero-order chi connectivity index (χ0) is 12.9. The first-order chi connectivity index (χ1) is 8.93. The van der Waals surface area contributed by atoms with Crippen LogP contribution in [0.5, 0.6) is 0 Å². The first-order valence-electron chi connectivity index (χ1n) is 7.25. The van der Waals surface area contributed by atoms with Gasteiger partial charge in [-0.1, -0.05) is 43.2 Å². The molecule has 0 fully saturated rings. The summed E-state index contributed by atoms with van der Waals surface area (Å²) in [4.78, 5) is 0. The minimum atomic E-state index is 0.820. The predicted molar refractivity (Wildman–Crippen MR) is 77.7 cm³/mol. The van der Waals surface area contributed by atoms with Crippen molar-refractivity contribution in [2.45, 2.75) is 44.9 Å². The predicted octanol–water partition coefficient (Wildman–Crippen LogP) is 3.55. The summed E-state index contributed by atoms with van der Waals surface area (Å²) in [7, 11) is 0. The smallest absolute Gasteiger partial charge is 0.0466 e. The van der Waals surface area contributed by atoms with E-state index in [1.165, 1.54) is 37.7 Å². The summed E-state index contributed by atoms with van der Waals surface area (Å²) in [5.41, 5.74) is 6.87. The van der Waals surface area contributed by atoms with Crippen LogP contribution in [0.4, 0.5) is 0 Å². The van der Waals surface area contributed by atoms with Crippen LogP contribution >= 0.6 is 0 Å². The minimum Gasteiger partial charge on any atom is -0.381 e. The molecule has 18 heavy (non-hydrogen) atoms. The molecule has 2 N–H and O–H groups in total. The lowest BCUT2D eigenvalue weighted by Crippen LogP contribution is -2.00. The molecule has 0 saturated carbocycles. The summed E-state index contributed by atoms with van der Waals surface area (Å²) in [5.74, 6) is 0. The van der Waals surface area contributed by atoms with Crippen LogP contribution in [-0.4, -0.2) is 19.8 Å². The quantitative estimate of drug-likeness (QED) is 0.609. The fourth-order valence-corrected chi connectivity index (χ4v) is 1.98. The Hall–Kier alpha value is -0.860. The van der Waals surface area contributed by atoms with Crippen molar-refractivity contribution in [3.05, 3.63) is 35.9 Å². The first-order valence-corrected chi connectivity index (χ1v) is 7.25. The second kappa shape index (κ2) is 11.2. The molecule has 0 amide bonds. The van der Waals surface area contributed by atoms with Crippen molar-refractivity contribution in [2.75, 3.05) is 19.8 Å². The fourth-order valence-electron chi connectivity index (χ4n) is 1.98. The topological polar surface area (TPSA) is 35.2 Å². The van der Waals surface area contributed by atoms with Crippen molar-refractivity contribution in [2.24, 2.45) is 5.73 Å². The van der Waals surface area contributed by atoms with Gasteiger partial charge in [-0.3, -0.25) is 0 Å². The number of ether oxygens (including phenoxy) is 1. The van der Waals surface area contributed by atoms with Gasteiger partial charge in [0.1, 0.15) is 0 Å². The lowest BCUT2D eigenvalue weighted by molar-refractivity contribution is 0.126. The first kappa shape index (κ1) is 15.2. The summed E-state index contributed by atoms with van der Waals surface area (Å²) in [5, 5.41) is 0. The molecule has 2 heteroatoms. The highest BCUT2D eigenvalue weighted by atomic mass is 16.5. The highest BCUT2D eigenvalue weighted by Crippen LogP contribution is 2.05. The van der Waals surface area contributed by atoms with Gasteiger partial charge in [0.15, 0.2) is 0 Å². The van der Waals surface area contributed by atoms with Gasteiger partial charge in [0.25, 0.3) is 0 Å². The molecule has 0 bridgehead atoms. The Morgan fingerprint density at radius 3 is 2.17 bits per heavy atom. The Balaban J connectivity index is 1.82. The monoisotopic (exact) mass is 249 g/mol. The summed E-state index contributed by atoms with van der Waals surface area (Å²) < 4.78 is 5.62. The standard InChI is InChI=1S/C16H27NO/c17-13-7-1-2-8-14-18-15-9-6-12-16-10-4-3-5-11-16/h3-5,10-11H,1-2,6-9,12-15,17H2. The van der Waals surface area contributed by atoms with E-state index in [4.69, 9.17) is 10.5 Å². The number of rotatable bonds is 11.